The molecule has 0 spiro atoms. The van der Waals surface area contributed by atoms with E-state index in [1.54, 1.807) is 6.20 Å². The number of pyridine rings is 1. The van der Waals surface area contributed by atoms with Crippen molar-refractivity contribution < 1.29 is 5.11 Å². The van der Waals surface area contributed by atoms with Crippen molar-refractivity contribution >= 4 is 10.8 Å². The second-order valence-corrected chi connectivity index (χ2v) is 4.64. The van der Waals surface area contributed by atoms with Crippen LogP contribution < -0.4 is 5.32 Å². The fourth-order valence-corrected chi connectivity index (χ4v) is 2.11. The van der Waals surface area contributed by atoms with Gasteiger partial charge in [0.15, 0.2) is 0 Å². The molecule has 2 N–H and O–H groups in total. The van der Waals surface area contributed by atoms with E-state index >= 15 is 0 Å². The summed E-state index contributed by atoms with van der Waals surface area (Å²) in [5.41, 5.74) is 0.984. The summed E-state index contributed by atoms with van der Waals surface area (Å²) in [5, 5.41) is 15.7. The highest BCUT2D eigenvalue weighted by atomic mass is 16.3. The lowest BCUT2D eigenvalue weighted by molar-refractivity contribution is 0.175. The summed E-state index contributed by atoms with van der Waals surface area (Å²) in [7, 11) is 0. The van der Waals surface area contributed by atoms with Crippen LogP contribution in [-0.4, -0.2) is 22.7 Å². The van der Waals surface area contributed by atoms with Crippen molar-refractivity contribution in [3.8, 4) is 0 Å². The van der Waals surface area contributed by atoms with Crippen LogP contribution in [0.4, 0.5) is 0 Å². The molecule has 1 unspecified atom stereocenters. The third kappa shape index (κ3) is 2.30. The number of aromatic nitrogens is 1. The number of nitrogens with zero attached hydrogens (tertiary/aromatic N) is 1. The Hall–Kier alpha value is -1.45. The zero-order valence-electron chi connectivity index (χ0n) is 9.63. The summed E-state index contributed by atoms with van der Waals surface area (Å²) in [5.74, 6) is 0. The number of aliphatic hydroxyl groups excluding tert-OH is 1. The molecule has 1 aromatic heterocycles. The molecule has 1 aliphatic carbocycles. The van der Waals surface area contributed by atoms with Crippen LogP contribution in [0.1, 0.15) is 24.5 Å². The Morgan fingerprint density at radius 1 is 1.35 bits per heavy atom. The van der Waals surface area contributed by atoms with Gasteiger partial charge in [-0.2, -0.15) is 0 Å². The fourth-order valence-electron chi connectivity index (χ4n) is 2.11. The van der Waals surface area contributed by atoms with Crippen molar-refractivity contribution in [1.82, 2.24) is 10.3 Å². The highest BCUT2D eigenvalue weighted by Gasteiger charge is 2.22. The first-order valence-electron chi connectivity index (χ1n) is 6.08. The van der Waals surface area contributed by atoms with Crippen LogP contribution in [0.5, 0.6) is 0 Å². The number of hydrogen-bond donors (Lipinski definition) is 2. The predicted molar refractivity (Wildman–Crippen MR) is 67.7 cm³/mol. The molecule has 1 fully saturated rings. The van der Waals surface area contributed by atoms with Crippen LogP contribution in [-0.2, 0) is 0 Å². The average molecular weight is 228 g/mol. The molecule has 88 valence electrons. The lowest BCUT2D eigenvalue weighted by atomic mass is 10.0. The molecule has 2 aromatic rings. The molecule has 3 nitrogen and oxygen atoms in total. The zero-order chi connectivity index (χ0) is 11.7. The smallest absolute Gasteiger partial charge is 0.0920 e. The van der Waals surface area contributed by atoms with E-state index < -0.39 is 6.10 Å². The second-order valence-electron chi connectivity index (χ2n) is 4.64. The van der Waals surface area contributed by atoms with Gasteiger partial charge in [-0.1, -0.05) is 18.2 Å². The van der Waals surface area contributed by atoms with Crippen molar-refractivity contribution in [1.29, 1.82) is 0 Å². The van der Waals surface area contributed by atoms with Gasteiger partial charge < -0.3 is 10.4 Å². The minimum Gasteiger partial charge on any atom is -0.387 e. The van der Waals surface area contributed by atoms with Crippen LogP contribution >= 0.6 is 0 Å². The molecule has 1 aromatic carbocycles. The quantitative estimate of drug-likeness (QED) is 0.841. The van der Waals surface area contributed by atoms with Gasteiger partial charge in [0.1, 0.15) is 0 Å². The maximum absolute atomic E-state index is 10.2. The van der Waals surface area contributed by atoms with E-state index in [0.717, 1.165) is 16.3 Å². The number of nitrogens with one attached hydrogen (secondary N) is 1. The molecule has 1 atom stereocenters. The highest BCUT2D eigenvalue weighted by Crippen LogP contribution is 2.24. The standard InChI is InChI=1S/C14H16N2O/c17-14(9-16-11-4-5-11)13-3-1-2-10-8-15-7-6-12(10)13/h1-3,6-8,11,14,16-17H,4-5,9H2. The minimum atomic E-state index is -0.443. The number of rotatable bonds is 4. The van der Waals surface area contributed by atoms with Gasteiger partial charge >= 0.3 is 0 Å². The van der Waals surface area contributed by atoms with Crippen LogP contribution in [0.3, 0.4) is 0 Å². The minimum absolute atomic E-state index is 0.443. The Morgan fingerprint density at radius 2 is 2.24 bits per heavy atom. The first kappa shape index (κ1) is 10.7. The summed E-state index contributed by atoms with van der Waals surface area (Å²) in [6.45, 7) is 0.631. The Morgan fingerprint density at radius 3 is 3.06 bits per heavy atom. The van der Waals surface area contributed by atoms with Gasteiger partial charge in [-0.25, -0.2) is 0 Å². The van der Waals surface area contributed by atoms with Crippen molar-refractivity contribution in [2.45, 2.75) is 25.0 Å². The molecule has 3 rings (SSSR count). The summed E-state index contributed by atoms with van der Waals surface area (Å²) in [6, 6.07) is 8.57. The van der Waals surface area contributed by atoms with Crippen LogP contribution in [0.25, 0.3) is 10.8 Å². The highest BCUT2D eigenvalue weighted by molar-refractivity contribution is 5.85. The van der Waals surface area contributed by atoms with E-state index in [2.05, 4.69) is 10.3 Å². The summed E-state index contributed by atoms with van der Waals surface area (Å²) >= 11 is 0. The summed E-state index contributed by atoms with van der Waals surface area (Å²) < 4.78 is 0. The first-order valence-corrected chi connectivity index (χ1v) is 6.08. The van der Waals surface area contributed by atoms with Crippen molar-refractivity contribution in [3.05, 3.63) is 42.2 Å². The van der Waals surface area contributed by atoms with Gasteiger partial charge in [0.05, 0.1) is 6.10 Å². The molecule has 0 saturated heterocycles. The molecular formula is C14H16N2O. The Labute approximate surface area is 100 Å². The van der Waals surface area contributed by atoms with Crippen LogP contribution in [0, 0.1) is 0 Å². The van der Waals surface area contributed by atoms with E-state index in [0.29, 0.717) is 12.6 Å². The molecule has 17 heavy (non-hydrogen) atoms. The van der Waals surface area contributed by atoms with Gasteiger partial charge in [-0.3, -0.25) is 4.98 Å². The maximum Gasteiger partial charge on any atom is 0.0920 e. The largest absolute Gasteiger partial charge is 0.387 e. The number of benzene rings is 1. The number of fused-ring (bicyclic) bond motifs is 1. The topological polar surface area (TPSA) is 45.1 Å². The maximum atomic E-state index is 10.2. The third-order valence-electron chi connectivity index (χ3n) is 3.25. The van der Waals surface area contributed by atoms with Crippen LogP contribution in [0.2, 0.25) is 0 Å². The van der Waals surface area contributed by atoms with E-state index in [1.165, 1.54) is 12.8 Å². The summed E-state index contributed by atoms with van der Waals surface area (Å²) in [4.78, 5) is 4.10. The molecule has 1 aliphatic rings. The fraction of sp³-hybridized carbons (Fsp3) is 0.357. The van der Waals surface area contributed by atoms with E-state index in [4.69, 9.17) is 0 Å². The normalized spacial score (nSPS) is 17.2. The van der Waals surface area contributed by atoms with E-state index in [1.807, 2.05) is 30.5 Å². The third-order valence-corrected chi connectivity index (χ3v) is 3.25. The number of aliphatic hydroxyl groups is 1. The monoisotopic (exact) mass is 228 g/mol. The Bertz CT molecular complexity index is 517. The van der Waals surface area contributed by atoms with Gasteiger partial charge in [-0.05, 0) is 29.9 Å². The molecular weight excluding hydrogens is 212 g/mol. The molecule has 1 heterocycles. The molecule has 1 saturated carbocycles. The lowest BCUT2D eigenvalue weighted by Gasteiger charge is -2.14. The lowest BCUT2D eigenvalue weighted by Crippen LogP contribution is -2.23. The van der Waals surface area contributed by atoms with Gasteiger partial charge in [-0.15, -0.1) is 0 Å². The molecule has 0 aliphatic heterocycles. The molecule has 0 amide bonds. The van der Waals surface area contributed by atoms with Crippen molar-refractivity contribution in [2.75, 3.05) is 6.54 Å². The molecule has 0 bridgehead atoms. The zero-order valence-corrected chi connectivity index (χ0v) is 9.63. The van der Waals surface area contributed by atoms with Crippen LogP contribution in [0.15, 0.2) is 36.7 Å². The second kappa shape index (κ2) is 4.43. The first-order chi connectivity index (χ1) is 8.34. The average Bonchev–Trinajstić information content (AvgIpc) is 3.19. The van der Waals surface area contributed by atoms with E-state index in [-0.39, 0.29) is 0 Å². The molecule has 0 radical (unpaired) electrons. The predicted octanol–water partition coefficient (Wildman–Crippen LogP) is 2.02. The Balaban J connectivity index is 1.87. The van der Waals surface area contributed by atoms with Crippen molar-refractivity contribution in [3.63, 3.8) is 0 Å². The SMILES string of the molecule is OC(CNC1CC1)c1cccc2cnccc12. The van der Waals surface area contributed by atoms with Gasteiger partial charge in [0, 0.05) is 30.4 Å². The van der Waals surface area contributed by atoms with E-state index in [9.17, 15) is 5.11 Å². The molecule has 3 heteroatoms. The van der Waals surface area contributed by atoms with Gasteiger partial charge in [0.25, 0.3) is 0 Å². The van der Waals surface area contributed by atoms with Gasteiger partial charge in [0.2, 0.25) is 0 Å². The van der Waals surface area contributed by atoms with Crippen molar-refractivity contribution in [2.24, 2.45) is 0 Å². The summed E-state index contributed by atoms with van der Waals surface area (Å²) in [6.07, 6.45) is 5.65. The number of hydrogen-bond acceptors (Lipinski definition) is 3. The Kier molecular flexibility index (Phi) is 2.79.